The van der Waals surface area contributed by atoms with Gasteiger partial charge in [0.1, 0.15) is 0 Å². The number of nitrogens with one attached hydrogen (secondary N) is 1. The summed E-state index contributed by atoms with van der Waals surface area (Å²) in [5, 5.41) is 15.1. The number of para-hydroxylation sites is 1. The summed E-state index contributed by atoms with van der Waals surface area (Å²) in [6.45, 7) is 2.62. The topological polar surface area (TPSA) is 37.2 Å². The van der Waals surface area contributed by atoms with Crippen molar-refractivity contribution >= 4 is 23.3 Å². The van der Waals surface area contributed by atoms with Gasteiger partial charge in [0.25, 0.3) is 0 Å². The first-order valence-electron chi connectivity index (χ1n) is 7.62. The highest BCUT2D eigenvalue weighted by atomic mass is 35.5. The molecule has 0 amide bonds. The minimum atomic E-state index is -0.546. The van der Waals surface area contributed by atoms with Crippen molar-refractivity contribution in [2.45, 2.75) is 18.6 Å². The van der Waals surface area contributed by atoms with Gasteiger partial charge in [0.2, 0.25) is 0 Å². The molecule has 0 radical (unpaired) electrons. The summed E-state index contributed by atoms with van der Waals surface area (Å²) in [7, 11) is 1.86. The van der Waals surface area contributed by atoms with Crippen LogP contribution in [0.25, 0.3) is 10.9 Å². The van der Waals surface area contributed by atoms with Crippen LogP contribution in [0.1, 0.15) is 12.5 Å². The highest BCUT2D eigenvalue weighted by Gasteiger charge is 2.36. The van der Waals surface area contributed by atoms with Crippen molar-refractivity contribution in [1.82, 2.24) is 9.88 Å². The Morgan fingerprint density at radius 1 is 1.04 bits per heavy atom. The number of benzene rings is 2. The molecule has 23 heavy (non-hydrogen) atoms. The minimum absolute atomic E-state index is 0. The van der Waals surface area contributed by atoms with Gasteiger partial charge in [-0.1, -0.05) is 48.5 Å². The summed E-state index contributed by atoms with van der Waals surface area (Å²) in [4.78, 5) is 0. The van der Waals surface area contributed by atoms with Crippen LogP contribution in [0.4, 0.5) is 0 Å². The third-order valence-electron chi connectivity index (χ3n) is 4.50. The van der Waals surface area contributed by atoms with E-state index < -0.39 is 11.6 Å². The fraction of sp³-hybridized carbons (Fsp3) is 0.263. The summed E-state index contributed by atoms with van der Waals surface area (Å²) in [6.07, 6.45) is 1.52. The van der Waals surface area contributed by atoms with Crippen LogP contribution in [0.5, 0.6) is 0 Å². The first kappa shape index (κ1) is 17.5. The van der Waals surface area contributed by atoms with E-state index in [0.29, 0.717) is 6.54 Å². The summed E-state index contributed by atoms with van der Waals surface area (Å²) in [5.41, 5.74) is 1.69. The fourth-order valence-corrected chi connectivity index (χ4v) is 3.15. The van der Waals surface area contributed by atoms with Gasteiger partial charge in [-0.05, 0) is 37.1 Å². The molecule has 0 saturated carbocycles. The molecule has 122 valence electrons. The second-order valence-corrected chi connectivity index (χ2v) is 5.83. The predicted molar refractivity (Wildman–Crippen MR) is 98.3 cm³/mol. The highest BCUT2D eigenvalue weighted by Crippen LogP contribution is 2.33. The van der Waals surface area contributed by atoms with Crippen molar-refractivity contribution < 1.29 is 5.11 Å². The van der Waals surface area contributed by atoms with Crippen LogP contribution < -0.4 is 5.32 Å². The molecule has 3 nitrogen and oxygen atoms in total. The van der Waals surface area contributed by atoms with Crippen LogP contribution in [0.3, 0.4) is 0 Å². The van der Waals surface area contributed by atoms with Crippen molar-refractivity contribution in [3.8, 4) is 0 Å². The Morgan fingerprint density at radius 3 is 2.39 bits per heavy atom. The molecule has 1 aromatic heterocycles. The first-order valence-corrected chi connectivity index (χ1v) is 7.62. The number of halogens is 1. The van der Waals surface area contributed by atoms with Gasteiger partial charge in [-0.25, -0.2) is 0 Å². The van der Waals surface area contributed by atoms with E-state index in [4.69, 9.17) is 0 Å². The van der Waals surface area contributed by atoms with E-state index >= 15 is 0 Å². The van der Waals surface area contributed by atoms with Crippen LogP contribution in [0.2, 0.25) is 0 Å². The van der Waals surface area contributed by atoms with Crippen LogP contribution in [0, 0.1) is 0 Å². The Balaban J connectivity index is 0.00000192. The third kappa shape index (κ3) is 3.00. The lowest BCUT2D eigenvalue weighted by Crippen LogP contribution is -2.47. The van der Waals surface area contributed by atoms with Gasteiger partial charge in [0, 0.05) is 18.3 Å². The Hall–Kier alpha value is -1.81. The second kappa shape index (κ2) is 7.18. The molecule has 2 N–H and O–H groups in total. The molecule has 4 heteroatoms. The normalized spacial score (nSPS) is 14.9. The zero-order chi connectivity index (χ0) is 15.6. The summed E-state index contributed by atoms with van der Waals surface area (Å²) in [5.74, 6) is 0. The minimum Gasteiger partial charge on any atom is -0.389 e. The van der Waals surface area contributed by atoms with Crippen LogP contribution in [-0.4, -0.2) is 29.4 Å². The van der Waals surface area contributed by atoms with Gasteiger partial charge in [0.05, 0.1) is 11.6 Å². The standard InChI is InChI=1S/C19H22N2O.ClH/c1-19(18(22)14-20-2,16-9-4-3-5-10-16)21-13-12-15-8-6-7-11-17(15)21;/h3-13,18,20,22H,14H2,1-2H3;1H. The van der Waals surface area contributed by atoms with E-state index in [1.807, 2.05) is 37.4 Å². The Labute approximate surface area is 143 Å². The smallest absolute Gasteiger partial charge is 0.0939 e. The van der Waals surface area contributed by atoms with Gasteiger partial charge in [0.15, 0.2) is 0 Å². The van der Waals surface area contributed by atoms with Crippen molar-refractivity contribution in [2.24, 2.45) is 0 Å². The maximum Gasteiger partial charge on any atom is 0.0939 e. The molecule has 0 aliphatic heterocycles. The molecule has 0 saturated heterocycles. The third-order valence-corrected chi connectivity index (χ3v) is 4.50. The molecule has 3 rings (SSSR count). The molecule has 2 aromatic carbocycles. The van der Waals surface area contributed by atoms with E-state index in [0.717, 1.165) is 11.1 Å². The van der Waals surface area contributed by atoms with Gasteiger partial charge in [-0.15, -0.1) is 12.4 Å². The van der Waals surface area contributed by atoms with Gasteiger partial charge in [-0.3, -0.25) is 0 Å². The van der Waals surface area contributed by atoms with Gasteiger partial charge >= 0.3 is 0 Å². The van der Waals surface area contributed by atoms with Crippen LogP contribution in [-0.2, 0) is 5.54 Å². The number of hydrogen-bond acceptors (Lipinski definition) is 2. The van der Waals surface area contributed by atoms with E-state index in [2.05, 4.69) is 53.3 Å². The maximum atomic E-state index is 10.9. The van der Waals surface area contributed by atoms with Crippen molar-refractivity contribution in [3.05, 3.63) is 72.4 Å². The van der Waals surface area contributed by atoms with Crippen molar-refractivity contribution in [3.63, 3.8) is 0 Å². The lowest BCUT2D eigenvalue weighted by molar-refractivity contribution is 0.0753. The Morgan fingerprint density at radius 2 is 1.70 bits per heavy atom. The zero-order valence-electron chi connectivity index (χ0n) is 13.4. The summed E-state index contributed by atoms with van der Waals surface area (Å²) >= 11 is 0. The molecule has 3 aromatic rings. The Bertz CT molecular complexity index is 756. The van der Waals surface area contributed by atoms with Crippen molar-refractivity contribution in [2.75, 3.05) is 13.6 Å². The average molecular weight is 331 g/mol. The molecule has 0 spiro atoms. The number of hydrogen-bond donors (Lipinski definition) is 2. The molecule has 2 atom stereocenters. The van der Waals surface area contributed by atoms with E-state index in [9.17, 15) is 5.11 Å². The van der Waals surface area contributed by atoms with Gasteiger partial charge < -0.3 is 15.0 Å². The molecular formula is C19H23ClN2O. The molecule has 1 heterocycles. The molecule has 2 unspecified atom stereocenters. The highest BCUT2D eigenvalue weighted by molar-refractivity contribution is 5.85. The van der Waals surface area contributed by atoms with E-state index in [1.165, 1.54) is 5.39 Å². The number of fused-ring (bicyclic) bond motifs is 1. The fourth-order valence-electron chi connectivity index (χ4n) is 3.15. The number of rotatable bonds is 5. The Kier molecular flexibility index (Phi) is 5.47. The second-order valence-electron chi connectivity index (χ2n) is 5.83. The van der Waals surface area contributed by atoms with Crippen molar-refractivity contribution in [1.29, 1.82) is 0 Å². The number of aliphatic hydroxyl groups is 1. The molecular weight excluding hydrogens is 308 g/mol. The van der Waals surface area contributed by atoms with E-state index in [-0.39, 0.29) is 12.4 Å². The average Bonchev–Trinajstić information content (AvgIpc) is 2.99. The molecule has 0 fully saturated rings. The lowest BCUT2D eigenvalue weighted by atomic mass is 9.85. The molecule has 0 aliphatic rings. The number of aliphatic hydroxyl groups excluding tert-OH is 1. The first-order chi connectivity index (χ1) is 10.7. The predicted octanol–water partition coefficient (Wildman–Crippen LogP) is 3.41. The number of aromatic nitrogens is 1. The maximum absolute atomic E-state index is 10.9. The van der Waals surface area contributed by atoms with Crippen LogP contribution >= 0.6 is 12.4 Å². The largest absolute Gasteiger partial charge is 0.389 e. The molecule has 0 aliphatic carbocycles. The molecule has 0 bridgehead atoms. The van der Waals surface area contributed by atoms with E-state index in [1.54, 1.807) is 0 Å². The number of likely N-dealkylation sites (N-methyl/N-ethyl adjacent to an activating group) is 1. The van der Waals surface area contributed by atoms with Crippen LogP contribution in [0.15, 0.2) is 66.9 Å². The monoisotopic (exact) mass is 330 g/mol. The summed E-state index contributed by atoms with van der Waals surface area (Å²) in [6, 6.07) is 20.6. The number of nitrogens with zero attached hydrogens (tertiary/aromatic N) is 1. The summed E-state index contributed by atoms with van der Waals surface area (Å²) < 4.78 is 2.18. The SMILES string of the molecule is CNCC(O)C(C)(c1ccccc1)n1ccc2ccccc21.Cl. The quantitative estimate of drug-likeness (QED) is 0.752. The zero-order valence-corrected chi connectivity index (χ0v) is 14.3. The van der Waals surface area contributed by atoms with Gasteiger partial charge in [-0.2, -0.15) is 0 Å². The lowest BCUT2D eigenvalue weighted by Gasteiger charge is -2.37.